The van der Waals surface area contributed by atoms with Gasteiger partial charge >= 0.3 is 0 Å². The number of carbonyl (C=O) groups is 1. The van der Waals surface area contributed by atoms with E-state index in [4.69, 9.17) is 0 Å². The molecule has 5 heteroatoms. The van der Waals surface area contributed by atoms with Crippen LogP contribution in [0.3, 0.4) is 0 Å². The average Bonchev–Trinajstić information content (AvgIpc) is 2.57. The molecule has 0 aliphatic carbocycles. The third-order valence-corrected chi connectivity index (χ3v) is 4.06. The molecule has 0 atom stereocenters. The van der Waals surface area contributed by atoms with E-state index in [-0.39, 0.29) is 17.9 Å². The summed E-state index contributed by atoms with van der Waals surface area (Å²) in [5.41, 5.74) is 2.60. The quantitative estimate of drug-likeness (QED) is 0.594. The van der Waals surface area contributed by atoms with Gasteiger partial charge in [0.05, 0.1) is 0 Å². The molecule has 1 rings (SSSR count). The molecule has 0 aliphatic rings. The van der Waals surface area contributed by atoms with Crippen molar-refractivity contribution in [1.82, 2.24) is 15.5 Å². The number of amides is 1. The van der Waals surface area contributed by atoms with Gasteiger partial charge in [0.25, 0.3) is 0 Å². The molecular formula is C19H32N4O. The van der Waals surface area contributed by atoms with Gasteiger partial charge in [-0.05, 0) is 24.5 Å². The predicted octanol–water partition coefficient (Wildman–Crippen LogP) is 2.17. The first-order chi connectivity index (χ1) is 11.3. The SMILES string of the molecule is CCNC(=NCC(=O)N(C)C)NCC(C)(C)c1ccc(CC)cc1. The Morgan fingerprint density at radius 2 is 1.75 bits per heavy atom. The molecule has 0 fully saturated rings. The fraction of sp³-hybridized carbons (Fsp3) is 0.579. The van der Waals surface area contributed by atoms with Crippen molar-refractivity contribution in [2.75, 3.05) is 33.7 Å². The maximum atomic E-state index is 11.7. The van der Waals surface area contributed by atoms with E-state index in [0.717, 1.165) is 19.5 Å². The third kappa shape index (κ3) is 6.22. The van der Waals surface area contributed by atoms with Crippen LogP contribution in [-0.4, -0.2) is 50.5 Å². The van der Waals surface area contributed by atoms with Gasteiger partial charge < -0.3 is 15.5 Å². The summed E-state index contributed by atoms with van der Waals surface area (Å²) in [7, 11) is 3.47. The largest absolute Gasteiger partial charge is 0.357 e. The van der Waals surface area contributed by atoms with Crippen LogP contribution in [-0.2, 0) is 16.6 Å². The van der Waals surface area contributed by atoms with Crippen LogP contribution in [0.25, 0.3) is 0 Å². The fourth-order valence-corrected chi connectivity index (χ4v) is 2.23. The molecule has 0 saturated heterocycles. The second-order valence-electron chi connectivity index (χ2n) is 6.77. The van der Waals surface area contributed by atoms with Crippen molar-refractivity contribution in [3.63, 3.8) is 0 Å². The van der Waals surface area contributed by atoms with Crippen LogP contribution in [0, 0.1) is 0 Å². The van der Waals surface area contributed by atoms with Crippen molar-refractivity contribution in [1.29, 1.82) is 0 Å². The number of hydrogen-bond acceptors (Lipinski definition) is 2. The first-order valence-corrected chi connectivity index (χ1v) is 8.62. The molecule has 0 saturated carbocycles. The molecule has 0 unspecified atom stereocenters. The van der Waals surface area contributed by atoms with E-state index in [1.54, 1.807) is 19.0 Å². The number of carbonyl (C=O) groups excluding carboxylic acids is 1. The molecule has 5 nitrogen and oxygen atoms in total. The Hall–Kier alpha value is -2.04. The molecule has 1 aromatic carbocycles. The lowest BCUT2D eigenvalue weighted by Gasteiger charge is -2.27. The molecule has 0 heterocycles. The van der Waals surface area contributed by atoms with E-state index in [2.05, 4.69) is 60.7 Å². The molecule has 2 N–H and O–H groups in total. The Morgan fingerprint density at radius 3 is 2.25 bits per heavy atom. The molecule has 1 aromatic rings. The van der Waals surface area contributed by atoms with E-state index in [1.165, 1.54) is 11.1 Å². The number of likely N-dealkylation sites (N-methyl/N-ethyl adjacent to an activating group) is 1. The van der Waals surface area contributed by atoms with Crippen molar-refractivity contribution >= 4 is 11.9 Å². The number of aryl methyl sites for hydroxylation is 1. The summed E-state index contributed by atoms with van der Waals surface area (Å²) in [5.74, 6) is 0.660. The Balaban J connectivity index is 2.72. The molecule has 24 heavy (non-hydrogen) atoms. The second kappa shape index (κ2) is 9.30. The molecule has 134 valence electrons. The van der Waals surface area contributed by atoms with E-state index < -0.39 is 0 Å². The van der Waals surface area contributed by atoms with Crippen LogP contribution < -0.4 is 10.6 Å². The van der Waals surface area contributed by atoms with Gasteiger partial charge in [0.1, 0.15) is 6.54 Å². The molecule has 0 spiro atoms. The average molecular weight is 332 g/mol. The lowest BCUT2D eigenvalue weighted by Crippen LogP contribution is -2.44. The van der Waals surface area contributed by atoms with Crippen molar-refractivity contribution in [2.24, 2.45) is 4.99 Å². The summed E-state index contributed by atoms with van der Waals surface area (Å²) in [4.78, 5) is 17.6. The van der Waals surface area contributed by atoms with E-state index in [9.17, 15) is 4.79 Å². The number of rotatable bonds is 7. The Labute approximate surface area is 146 Å². The van der Waals surface area contributed by atoms with Crippen molar-refractivity contribution in [3.05, 3.63) is 35.4 Å². The van der Waals surface area contributed by atoms with E-state index in [0.29, 0.717) is 5.96 Å². The maximum absolute atomic E-state index is 11.7. The van der Waals surface area contributed by atoms with Crippen LogP contribution in [0.4, 0.5) is 0 Å². The Bertz CT molecular complexity index is 547. The molecule has 0 radical (unpaired) electrons. The Kier molecular flexibility index (Phi) is 7.75. The summed E-state index contributed by atoms with van der Waals surface area (Å²) in [5, 5.41) is 6.54. The number of benzene rings is 1. The third-order valence-electron chi connectivity index (χ3n) is 4.06. The maximum Gasteiger partial charge on any atom is 0.243 e. The number of guanidine groups is 1. The minimum atomic E-state index is -0.0337. The fourth-order valence-electron chi connectivity index (χ4n) is 2.23. The zero-order valence-electron chi connectivity index (χ0n) is 15.9. The molecule has 0 aliphatic heterocycles. The number of nitrogens with one attached hydrogen (secondary N) is 2. The van der Waals surface area contributed by atoms with Crippen LogP contribution >= 0.6 is 0 Å². The minimum Gasteiger partial charge on any atom is -0.357 e. The first-order valence-electron chi connectivity index (χ1n) is 8.62. The summed E-state index contributed by atoms with van der Waals surface area (Å²) in [6.07, 6.45) is 1.05. The number of nitrogens with zero attached hydrogens (tertiary/aromatic N) is 2. The summed E-state index contributed by atoms with van der Waals surface area (Å²) in [6, 6.07) is 8.76. The van der Waals surface area contributed by atoms with Gasteiger partial charge in [-0.3, -0.25) is 4.79 Å². The smallest absolute Gasteiger partial charge is 0.243 e. The lowest BCUT2D eigenvalue weighted by molar-refractivity contribution is -0.127. The standard InChI is InChI=1S/C19H32N4O/c1-7-15-9-11-16(12-10-15)19(3,4)14-22-18(20-8-2)21-13-17(24)23(5)6/h9-12H,7-8,13-14H2,1-6H3,(H2,20,21,22). The van der Waals surface area contributed by atoms with Gasteiger partial charge in [-0.2, -0.15) is 0 Å². The van der Waals surface area contributed by atoms with E-state index >= 15 is 0 Å². The van der Waals surface area contributed by atoms with Crippen LogP contribution in [0.5, 0.6) is 0 Å². The summed E-state index contributed by atoms with van der Waals surface area (Å²) >= 11 is 0. The number of aliphatic imine (C=N–C) groups is 1. The van der Waals surface area contributed by atoms with Gasteiger partial charge in [-0.1, -0.05) is 45.0 Å². The monoisotopic (exact) mass is 332 g/mol. The van der Waals surface area contributed by atoms with Crippen LogP contribution in [0.2, 0.25) is 0 Å². The zero-order valence-corrected chi connectivity index (χ0v) is 15.9. The topological polar surface area (TPSA) is 56.7 Å². The molecular weight excluding hydrogens is 300 g/mol. The molecule has 0 aromatic heterocycles. The van der Waals surface area contributed by atoms with Gasteiger partial charge in [0.2, 0.25) is 5.91 Å². The van der Waals surface area contributed by atoms with Crippen LogP contribution in [0.1, 0.15) is 38.8 Å². The molecule has 1 amide bonds. The van der Waals surface area contributed by atoms with Gasteiger partial charge in [-0.25, -0.2) is 4.99 Å². The van der Waals surface area contributed by atoms with Crippen molar-refractivity contribution in [2.45, 2.75) is 39.5 Å². The zero-order chi connectivity index (χ0) is 18.2. The minimum absolute atomic E-state index is 0.0124. The highest BCUT2D eigenvalue weighted by atomic mass is 16.2. The second-order valence-corrected chi connectivity index (χ2v) is 6.77. The van der Waals surface area contributed by atoms with Crippen molar-refractivity contribution < 1.29 is 4.79 Å². The van der Waals surface area contributed by atoms with Gasteiger partial charge in [0, 0.05) is 32.6 Å². The highest BCUT2D eigenvalue weighted by Gasteiger charge is 2.21. The number of hydrogen-bond donors (Lipinski definition) is 2. The highest BCUT2D eigenvalue weighted by Crippen LogP contribution is 2.22. The molecule has 0 bridgehead atoms. The lowest BCUT2D eigenvalue weighted by atomic mass is 9.84. The van der Waals surface area contributed by atoms with Crippen LogP contribution in [0.15, 0.2) is 29.3 Å². The van der Waals surface area contributed by atoms with Crippen molar-refractivity contribution in [3.8, 4) is 0 Å². The van der Waals surface area contributed by atoms with E-state index in [1.807, 2.05) is 6.92 Å². The van der Waals surface area contributed by atoms with Gasteiger partial charge in [-0.15, -0.1) is 0 Å². The summed E-state index contributed by atoms with van der Waals surface area (Å²) in [6.45, 7) is 10.2. The predicted molar refractivity (Wildman–Crippen MR) is 102 cm³/mol. The highest BCUT2D eigenvalue weighted by molar-refractivity contribution is 5.84. The first kappa shape index (κ1) is 20.0. The normalized spacial score (nSPS) is 12.0. The Morgan fingerprint density at radius 1 is 1.12 bits per heavy atom. The van der Waals surface area contributed by atoms with Gasteiger partial charge in [0.15, 0.2) is 5.96 Å². The summed E-state index contributed by atoms with van der Waals surface area (Å²) < 4.78 is 0.